The van der Waals surface area contributed by atoms with Crippen molar-refractivity contribution in [3.05, 3.63) is 140 Å². The van der Waals surface area contributed by atoms with Crippen molar-refractivity contribution in [2.24, 2.45) is 0 Å². The molecule has 0 bridgehead atoms. The fraction of sp³-hybridized carbons (Fsp3) is 0.500. The molecule has 4 aliphatic carbocycles. The van der Waals surface area contributed by atoms with Crippen LogP contribution in [0.15, 0.2) is 62.6 Å². The van der Waals surface area contributed by atoms with E-state index in [-0.39, 0.29) is 90.8 Å². The molecular weight excluding hydrogens is 1320 g/mol. The predicted molar refractivity (Wildman–Crippen MR) is 335 cm³/mol. The molecule has 4 aliphatic heterocycles. The molecular formula is C68H71F6N13O13. The first kappa shape index (κ1) is 68.1. The van der Waals surface area contributed by atoms with Gasteiger partial charge < -0.3 is 62.4 Å². The van der Waals surface area contributed by atoms with Gasteiger partial charge in [-0.2, -0.15) is 46.9 Å². The number of carbonyl (C=O) groups is 3. The van der Waals surface area contributed by atoms with Crippen molar-refractivity contribution < 1.29 is 87.1 Å². The number of hydrogen-bond donors (Lipinski definition) is 3. The molecule has 528 valence electrons. The van der Waals surface area contributed by atoms with Crippen molar-refractivity contribution in [3.63, 3.8) is 0 Å². The molecule has 4 saturated heterocycles. The Labute approximate surface area is 567 Å². The Balaban J connectivity index is 0.000000128. The zero-order valence-electron chi connectivity index (χ0n) is 54.4. The third kappa shape index (κ3) is 15.2. The van der Waals surface area contributed by atoms with Crippen molar-refractivity contribution in [3.8, 4) is 39.8 Å². The van der Waals surface area contributed by atoms with Crippen LogP contribution in [-0.4, -0.2) is 166 Å². The molecule has 8 aromatic heterocycles. The Morgan fingerprint density at radius 1 is 0.540 bits per heavy atom. The molecule has 100 heavy (non-hydrogen) atoms. The summed E-state index contributed by atoms with van der Waals surface area (Å²) < 4.78 is 146. The van der Waals surface area contributed by atoms with Gasteiger partial charge in [0.25, 0.3) is 17.7 Å². The Kier molecular flexibility index (Phi) is 19.9. The third-order valence-corrected chi connectivity index (χ3v) is 18.3. The van der Waals surface area contributed by atoms with E-state index in [2.05, 4.69) is 47.2 Å². The normalized spacial score (nSPS) is 20.0. The summed E-state index contributed by atoms with van der Waals surface area (Å²) in [6.07, 6.45) is 6.97. The number of ether oxygens (including phenoxy) is 7. The van der Waals surface area contributed by atoms with Crippen LogP contribution < -0.4 is 16.0 Å². The zero-order valence-corrected chi connectivity index (χ0v) is 54.4. The Morgan fingerprint density at radius 3 is 1.52 bits per heavy atom. The summed E-state index contributed by atoms with van der Waals surface area (Å²) in [6, 6.07) is 5.67. The average Bonchev–Trinajstić information content (AvgIpc) is 1.59. The number of furan rings is 3. The van der Waals surface area contributed by atoms with E-state index >= 15 is 0 Å². The molecule has 3 N–H and O–H groups in total. The molecule has 0 unspecified atom stereocenters. The quantitative estimate of drug-likeness (QED) is 0.0775. The van der Waals surface area contributed by atoms with Crippen LogP contribution in [-0.2, 0) is 110 Å². The highest BCUT2D eigenvalue weighted by Crippen LogP contribution is 2.48. The maximum absolute atomic E-state index is 14.3. The van der Waals surface area contributed by atoms with Crippen molar-refractivity contribution in [2.75, 3.05) is 79.2 Å². The van der Waals surface area contributed by atoms with E-state index in [9.17, 15) is 40.7 Å². The predicted octanol–water partition coefficient (Wildman–Crippen LogP) is 7.87. The van der Waals surface area contributed by atoms with Crippen molar-refractivity contribution in [1.29, 1.82) is 5.26 Å². The molecule has 32 heteroatoms. The molecule has 0 spiro atoms. The van der Waals surface area contributed by atoms with Crippen LogP contribution in [0.5, 0.6) is 0 Å². The summed E-state index contributed by atoms with van der Waals surface area (Å²) in [4.78, 5) is 51.2. The average molecular weight is 1390 g/mol. The van der Waals surface area contributed by atoms with Crippen LogP contribution in [0.2, 0.25) is 0 Å². The summed E-state index contributed by atoms with van der Waals surface area (Å²) >= 11 is 0. The number of carbonyl (C=O) groups excluding carboxylic acids is 3. The molecule has 3 amide bonds. The molecule has 26 nitrogen and oxygen atoms in total. The highest BCUT2D eigenvalue weighted by atomic mass is 19.4. The maximum atomic E-state index is 14.3. The number of aryl methyl sites for hydroxylation is 6. The van der Waals surface area contributed by atoms with Gasteiger partial charge in [-0.05, 0) is 80.7 Å². The van der Waals surface area contributed by atoms with Crippen LogP contribution in [0.4, 0.5) is 26.3 Å². The van der Waals surface area contributed by atoms with E-state index < -0.39 is 52.9 Å². The second kappa shape index (κ2) is 29.2. The van der Waals surface area contributed by atoms with Crippen LogP contribution in [0.25, 0.3) is 33.8 Å². The van der Waals surface area contributed by atoms with E-state index in [1.54, 1.807) is 40.2 Å². The summed E-state index contributed by atoms with van der Waals surface area (Å²) in [6.45, 7) is 8.19. The standard InChI is InChI=1S/C24H24F3N5O4.C23H23N5O3.C21H24F3N3O6/c25-24(26,27)20-19-18(4-3-14-10-32(31-21(14)19)11-16-12-34-5-6-35-16)36-22(20)23(33)30-8-15-7-29-17(9-28-15)13-1-2-13;1-14-20-19(31-22(14)23(29)26-11-18-3-2-8-30-18)7-5-16-12-28(27-21(16)20)13-17-6-4-15(9-24)10-25-17;22-21(23,24)17-16-15(33-19(17)20(28)25-7-13-10-29-3-5-31-13)2-1-12-8-27(26-18(12)16)9-14-11-30-4-6-32-14/h7,9-10,13,16H,1-6,8,11-12H2,(H,30,33);4,6,10,12,18H,2-3,5,7-8,11,13H2,1H3,(H,26,29);8,13-14H,1-7,9-11H2,(H,25,28)/t16-;18-;13-,14+/m001/s1. The maximum Gasteiger partial charge on any atom is 0.420 e. The van der Waals surface area contributed by atoms with Crippen LogP contribution >= 0.6 is 0 Å². The first-order valence-corrected chi connectivity index (χ1v) is 33.4. The van der Waals surface area contributed by atoms with E-state index in [4.69, 9.17) is 56.8 Å². The summed E-state index contributed by atoms with van der Waals surface area (Å²) in [5.41, 5.74) is 5.65. The molecule has 4 atom stereocenters. The van der Waals surface area contributed by atoms with Gasteiger partial charge in [-0.15, -0.1) is 0 Å². The molecule has 0 aromatic carbocycles. The van der Waals surface area contributed by atoms with Gasteiger partial charge in [0.1, 0.15) is 46.7 Å². The number of hydrogen-bond acceptors (Lipinski definition) is 20. The topological polar surface area (TPSA) is 307 Å². The van der Waals surface area contributed by atoms with E-state index in [0.717, 1.165) is 84.7 Å². The monoisotopic (exact) mass is 1390 g/mol. The Morgan fingerprint density at radius 2 is 1.03 bits per heavy atom. The van der Waals surface area contributed by atoms with Crippen LogP contribution in [0, 0.1) is 18.3 Å². The Hall–Kier alpha value is -9.10. The molecule has 12 heterocycles. The third-order valence-electron chi connectivity index (χ3n) is 18.3. The highest BCUT2D eigenvalue weighted by molar-refractivity contribution is 5.97. The fourth-order valence-electron chi connectivity index (χ4n) is 13.3. The lowest BCUT2D eigenvalue weighted by molar-refractivity contribution is -0.138. The number of rotatable bonds is 16. The lowest BCUT2D eigenvalue weighted by Gasteiger charge is -2.23. The fourth-order valence-corrected chi connectivity index (χ4v) is 13.3. The van der Waals surface area contributed by atoms with Gasteiger partial charge in [0.05, 0.1) is 155 Å². The summed E-state index contributed by atoms with van der Waals surface area (Å²) in [5.74, 6) is -1.80. The number of nitrogens with zero attached hydrogens (tertiary/aromatic N) is 10. The number of fused-ring (bicyclic) bond motifs is 9. The summed E-state index contributed by atoms with van der Waals surface area (Å²) in [7, 11) is 0. The van der Waals surface area contributed by atoms with Crippen LogP contribution in [0.1, 0.15) is 137 Å². The van der Waals surface area contributed by atoms with Gasteiger partial charge in [-0.1, -0.05) is 0 Å². The van der Waals surface area contributed by atoms with E-state index in [1.165, 1.54) is 6.20 Å². The van der Waals surface area contributed by atoms with Gasteiger partial charge in [-0.3, -0.25) is 43.4 Å². The first-order chi connectivity index (χ1) is 48.4. The SMILES string of the molecule is Cc1c(C(=O)NC[C@@H]2CCCO2)oc2c1-c1nn(Cc3ccc(C#N)cn3)cc1CC2.O=C(NC[C@@H]1COCCO1)c1oc2c(c1C(F)(F)F)-c1nn(C[C@H]3COCCO3)cc1CC2.O=C(NCc1cnc(C2CC2)cn1)c1oc2c(c1C(F)(F)F)-c1nn(C[C@H]3COCCO3)cc1CC2. The number of pyridine rings is 1. The van der Waals surface area contributed by atoms with Crippen molar-refractivity contribution in [2.45, 2.75) is 140 Å². The van der Waals surface area contributed by atoms with Gasteiger partial charge in [-0.25, -0.2) is 0 Å². The number of halogens is 6. The molecule has 8 aromatic rings. The molecule has 8 aliphatic rings. The molecule has 1 saturated carbocycles. The van der Waals surface area contributed by atoms with Gasteiger partial charge in [0.15, 0.2) is 5.76 Å². The Bertz CT molecular complexity index is 4310. The zero-order chi connectivity index (χ0) is 69.2. The molecule has 5 fully saturated rings. The van der Waals surface area contributed by atoms with E-state index in [0.29, 0.717) is 126 Å². The minimum absolute atomic E-state index is 0.0187. The van der Waals surface area contributed by atoms with Crippen LogP contribution in [0.3, 0.4) is 0 Å². The molecule has 0 radical (unpaired) electrons. The minimum Gasteiger partial charge on any atom is -0.455 e. The minimum atomic E-state index is -4.81. The van der Waals surface area contributed by atoms with Gasteiger partial charge >= 0.3 is 12.4 Å². The number of nitrogens with one attached hydrogen (secondary N) is 3. The lowest BCUT2D eigenvalue weighted by Crippen LogP contribution is -2.40. The lowest BCUT2D eigenvalue weighted by atomic mass is 9.93. The molecule has 16 rings (SSSR count). The van der Waals surface area contributed by atoms with Crippen molar-refractivity contribution in [1.82, 2.24) is 60.2 Å². The van der Waals surface area contributed by atoms with Crippen molar-refractivity contribution >= 4 is 17.7 Å². The van der Waals surface area contributed by atoms with Gasteiger partial charge in [0.2, 0.25) is 11.5 Å². The smallest absolute Gasteiger partial charge is 0.420 e. The number of nitriles is 1. The number of aromatic nitrogens is 9. The second-order valence-corrected chi connectivity index (χ2v) is 25.5. The highest BCUT2D eigenvalue weighted by Gasteiger charge is 2.47. The first-order valence-electron chi connectivity index (χ1n) is 33.4. The van der Waals surface area contributed by atoms with Gasteiger partial charge in [0, 0.05) is 87.0 Å². The second-order valence-electron chi connectivity index (χ2n) is 25.5. The van der Waals surface area contributed by atoms with E-state index in [1.807, 2.05) is 23.9 Å². The largest absolute Gasteiger partial charge is 0.455 e. The summed E-state index contributed by atoms with van der Waals surface area (Å²) in [5, 5.41) is 30.5. The number of alkyl halides is 6. The number of amides is 3.